The summed E-state index contributed by atoms with van der Waals surface area (Å²) in [7, 11) is 4.91. The van der Waals surface area contributed by atoms with Gasteiger partial charge in [-0.05, 0) is 73.7 Å². The Balaban J connectivity index is 1.80. The number of carbonyl (C=O) groups excluding carboxylic acids is 3. The van der Waals surface area contributed by atoms with Crippen molar-refractivity contribution in [2.75, 3.05) is 47.3 Å². The van der Waals surface area contributed by atoms with E-state index in [4.69, 9.17) is 35.0 Å². The van der Waals surface area contributed by atoms with E-state index in [9.17, 15) is 24.3 Å². The van der Waals surface area contributed by atoms with Crippen molar-refractivity contribution in [2.24, 2.45) is 0 Å². The number of likely N-dealkylation sites (N-methyl/N-ethyl adjacent to an activating group) is 3. The van der Waals surface area contributed by atoms with Crippen LogP contribution in [0.1, 0.15) is 59.4 Å². The minimum atomic E-state index is -0.892. The standard InChI is InChI=1S/C36H46ClN3O10/c1-35(2,3)49-33(44)40(9)17-16-39(8)32(43)47-27-19-25(42)30-24(41)18-26(21-12-10-11-13-23(21)37)46-31(30)29(27)22-14-15-38(7)20-28(22)48-34(45)50-36(4,5)6/h10-13,18-19,22,28,42H,14-17,20H2,1-9H3. The van der Waals surface area contributed by atoms with Crippen LogP contribution < -0.4 is 10.2 Å². The topological polar surface area (TPSA) is 148 Å². The maximum Gasteiger partial charge on any atom is 0.509 e. The third-order valence-electron chi connectivity index (χ3n) is 7.88. The summed E-state index contributed by atoms with van der Waals surface area (Å²) >= 11 is 6.47. The number of ether oxygens (including phenoxy) is 4. The fourth-order valence-corrected chi connectivity index (χ4v) is 5.68. The van der Waals surface area contributed by atoms with E-state index in [1.165, 1.54) is 29.0 Å². The van der Waals surface area contributed by atoms with Gasteiger partial charge in [0.05, 0.1) is 5.02 Å². The van der Waals surface area contributed by atoms with Gasteiger partial charge in [-0.25, -0.2) is 14.4 Å². The van der Waals surface area contributed by atoms with Crippen molar-refractivity contribution in [3.05, 3.63) is 57.2 Å². The fraction of sp³-hybridized carbons (Fsp3) is 0.500. The van der Waals surface area contributed by atoms with E-state index in [0.717, 1.165) is 0 Å². The number of amides is 2. The number of aromatic hydroxyl groups is 1. The van der Waals surface area contributed by atoms with Crippen molar-refractivity contribution in [3.8, 4) is 22.8 Å². The third-order valence-corrected chi connectivity index (χ3v) is 8.21. The molecule has 2 atom stereocenters. The van der Waals surface area contributed by atoms with Crippen LogP contribution in [0.25, 0.3) is 22.3 Å². The molecule has 1 saturated heterocycles. The summed E-state index contributed by atoms with van der Waals surface area (Å²) in [6.45, 7) is 11.5. The maximum absolute atomic E-state index is 13.6. The molecule has 2 aromatic carbocycles. The van der Waals surface area contributed by atoms with E-state index >= 15 is 0 Å². The van der Waals surface area contributed by atoms with E-state index < -0.39 is 52.7 Å². The largest absolute Gasteiger partial charge is 0.509 e. The highest BCUT2D eigenvalue weighted by molar-refractivity contribution is 6.33. The number of nitrogens with zero attached hydrogens (tertiary/aromatic N) is 3. The van der Waals surface area contributed by atoms with Crippen molar-refractivity contribution in [2.45, 2.75) is 71.2 Å². The van der Waals surface area contributed by atoms with Crippen LogP contribution in [0.5, 0.6) is 11.5 Å². The molecule has 1 fully saturated rings. The predicted molar refractivity (Wildman–Crippen MR) is 188 cm³/mol. The van der Waals surface area contributed by atoms with E-state index in [0.29, 0.717) is 23.6 Å². The zero-order valence-corrected chi connectivity index (χ0v) is 30.8. The summed E-state index contributed by atoms with van der Waals surface area (Å²) in [6, 6.07) is 9.22. The Labute approximate surface area is 296 Å². The van der Waals surface area contributed by atoms with Gasteiger partial charge in [0.15, 0.2) is 5.43 Å². The Morgan fingerprint density at radius 2 is 1.60 bits per heavy atom. The molecule has 2 heterocycles. The van der Waals surface area contributed by atoms with Crippen LogP contribution in [0.15, 0.2) is 45.6 Å². The molecule has 2 amide bonds. The smallest absolute Gasteiger partial charge is 0.507 e. The number of hydrogen-bond donors (Lipinski definition) is 1. The highest BCUT2D eigenvalue weighted by atomic mass is 35.5. The van der Waals surface area contributed by atoms with Gasteiger partial charge >= 0.3 is 18.3 Å². The lowest BCUT2D eigenvalue weighted by atomic mass is 9.85. The fourth-order valence-electron chi connectivity index (χ4n) is 5.45. The van der Waals surface area contributed by atoms with Gasteiger partial charge in [-0.1, -0.05) is 23.7 Å². The summed E-state index contributed by atoms with van der Waals surface area (Å²) in [6.07, 6.45) is -2.70. The molecule has 1 aliphatic heterocycles. The summed E-state index contributed by atoms with van der Waals surface area (Å²) < 4.78 is 29.0. The summed E-state index contributed by atoms with van der Waals surface area (Å²) in [5, 5.41) is 11.4. The highest BCUT2D eigenvalue weighted by Crippen LogP contribution is 2.44. The average Bonchev–Trinajstić information content (AvgIpc) is 2.98. The van der Waals surface area contributed by atoms with E-state index in [1.807, 2.05) is 11.9 Å². The van der Waals surface area contributed by atoms with Crippen molar-refractivity contribution >= 4 is 40.9 Å². The molecule has 1 aromatic heterocycles. The number of likely N-dealkylation sites (tertiary alicyclic amines) is 1. The quantitative estimate of drug-likeness (QED) is 0.256. The number of halogens is 1. The number of phenolic OH excluding ortho intramolecular Hbond substituents is 1. The van der Waals surface area contributed by atoms with Gasteiger partial charge in [0.1, 0.15) is 45.5 Å². The maximum atomic E-state index is 13.6. The molecular weight excluding hydrogens is 670 g/mol. The van der Waals surface area contributed by atoms with Crippen LogP contribution in [0, 0.1) is 0 Å². The molecule has 1 aliphatic rings. The molecule has 0 spiro atoms. The van der Waals surface area contributed by atoms with Crippen LogP contribution in [-0.4, -0.2) is 103 Å². The summed E-state index contributed by atoms with van der Waals surface area (Å²) in [4.78, 5) is 57.1. The number of fused-ring (bicyclic) bond motifs is 1. The molecule has 1 N–H and O–H groups in total. The first kappa shape index (κ1) is 38.3. The van der Waals surface area contributed by atoms with E-state index in [2.05, 4.69) is 0 Å². The predicted octanol–water partition coefficient (Wildman–Crippen LogP) is 6.86. The molecule has 14 heteroatoms. The number of carbonyl (C=O) groups is 3. The SMILES string of the molecule is CN1CCC(c2c(OC(=O)N(C)CCN(C)C(=O)OC(C)(C)C)cc(O)c3c(=O)cc(-c4ccccc4Cl)oc23)C(OC(=O)OC(C)(C)C)C1. The molecule has 50 heavy (non-hydrogen) atoms. The van der Waals surface area contributed by atoms with Crippen molar-refractivity contribution in [3.63, 3.8) is 0 Å². The monoisotopic (exact) mass is 715 g/mol. The minimum absolute atomic E-state index is 0.0464. The van der Waals surface area contributed by atoms with Gasteiger partial charge in [0, 0.05) is 62.9 Å². The first-order valence-corrected chi connectivity index (χ1v) is 16.7. The molecule has 0 radical (unpaired) electrons. The summed E-state index contributed by atoms with van der Waals surface area (Å²) in [5.41, 5.74) is -1.44. The second-order valence-corrected chi connectivity index (χ2v) is 14.8. The molecule has 3 aromatic rings. The lowest BCUT2D eigenvalue weighted by Gasteiger charge is -2.37. The van der Waals surface area contributed by atoms with Crippen LogP contribution in [0.3, 0.4) is 0 Å². The molecule has 2 unspecified atom stereocenters. The Hall–Kier alpha value is -4.49. The zero-order valence-electron chi connectivity index (χ0n) is 30.0. The van der Waals surface area contributed by atoms with E-state index in [-0.39, 0.29) is 47.7 Å². The Kier molecular flexibility index (Phi) is 11.6. The number of hydrogen-bond acceptors (Lipinski definition) is 11. The van der Waals surface area contributed by atoms with Gasteiger partial charge < -0.3 is 43.2 Å². The molecular formula is C36H46ClN3O10. The van der Waals surface area contributed by atoms with Crippen molar-refractivity contribution in [1.82, 2.24) is 14.7 Å². The Morgan fingerprint density at radius 3 is 2.22 bits per heavy atom. The average molecular weight is 716 g/mol. The van der Waals surface area contributed by atoms with Crippen LogP contribution >= 0.6 is 11.6 Å². The molecule has 0 aliphatic carbocycles. The van der Waals surface area contributed by atoms with Gasteiger partial charge in [-0.2, -0.15) is 0 Å². The second-order valence-electron chi connectivity index (χ2n) is 14.4. The number of benzene rings is 2. The van der Waals surface area contributed by atoms with Crippen LogP contribution in [0.2, 0.25) is 5.02 Å². The lowest BCUT2D eigenvalue weighted by Crippen LogP contribution is -2.44. The first-order chi connectivity index (χ1) is 23.2. The Morgan fingerprint density at radius 1 is 0.980 bits per heavy atom. The first-order valence-electron chi connectivity index (χ1n) is 16.3. The van der Waals surface area contributed by atoms with Crippen LogP contribution in [0.4, 0.5) is 14.4 Å². The molecule has 13 nitrogen and oxygen atoms in total. The molecule has 4 rings (SSSR count). The number of piperidine rings is 1. The van der Waals surface area contributed by atoms with Crippen LogP contribution in [-0.2, 0) is 14.2 Å². The molecule has 0 saturated carbocycles. The van der Waals surface area contributed by atoms with Crippen molar-refractivity contribution in [1.29, 1.82) is 0 Å². The van der Waals surface area contributed by atoms with Gasteiger partial charge in [-0.3, -0.25) is 4.79 Å². The van der Waals surface area contributed by atoms with Gasteiger partial charge in [-0.15, -0.1) is 0 Å². The normalized spacial score (nSPS) is 16.8. The van der Waals surface area contributed by atoms with Crippen molar-refractivity contribution < 1.29 is 42.9 Å². The van der Waals surface area contributed by atoms with Gasteiger partial charge in [0.2, 0.25) is 0 Å². The van der Waals surface area contributed by atoms with E-state index in [1.54, 1.807) is 72.9 Å². The van der Waals surface area contributed by atoms with Gasteiger partial charge in [0.25, 0.3) is 0 Å². The molecule has 0 bridgehead atoms. The molecule has 272 valence electrons. The number of rotatable bonds is 7. The second kappa shape index (κ2) is 15.2. The number of phenols is 1. The third kappa shape index (κ3) is 9.60. The zero-order chi connectivity index (χ0) is 37.1. The highest BCUT2D eigenvalue weighted by Gasteiger charge is 2.38. The summed E-state index contributed by atoms with van der Waals surface area (Å²) in [5.74, 6) is -1.12. The minimum Gasteiger partial charge on any atom is -0.507 e. The lowest BCUT2D eigenvalue weighted by molar-refractivity contribution is -0.0461. The Bertz CT molecular complexity index is 1800.